The fourth-order valence-electron chi connectivity index (χ4n) is 1.98. The van der Waals surface area contributed by atoms with Crippen LogP contribution in [0.3, 0.4) is 0 Å². The monoisotopic (exact) mass is 449 g/mol. The molecule has 16 heteroatoms. The summed E-state index contributed by atoms with van der Waals surface area (Å²) in [4.78, 5) is 1.68. The molecule has 162 valence electrons. The Kier molecular flexibility index (Phi) is 6.01. The Morgan fingerprint density at radius 1 is 0.815 bits per heavy atom. The summed E-state index contributed by atoms with van der Waals surface area (Å²) >= 11 is 0. The molecule has 0 aliphatic carbocycles. The lowest BCUT2D eigenvalue weighted by Gasteiger charge is -2.51. The summed E-state index contributed by atoms with van der Waals surface area (Å²) in [5.41, 5.74) is -5.62. The first kappa shape index (κ1) is 24.0. The fourth-order valence-corrected chi connectivity index (χ4v) is 4.01. The molecule has 0 spiro atoms. The molecule has 27 heavy (non-hydrogen) atoms. The van der Waals surface area contributed by atoms with Crippen LogP contribution in [0.2, 0.25) is 0 Å². The lowest BCUT2D eigenvalue weighted by atomic mass is 10.1. The second kappa shape index (κ2) is 6.77. The van der Waals surface area contributed by atoms with Gasteiger partial charge >= 0.3 is 30.4 Å². The molecule has 0 radical (unpaired) electrons. The normalized spacial score (nSPS) is 22.3. The minimum Gasteiger partial charge on any atom is -0.375 e. The van der Waals surface area contributed by atoms with Crippen molar-refractivity contribution in [3.8, 4) is 0 Å². The van der Waals surface area contributed by atoms with Crippen LogP contribution >= 0.6 is 10.6 Å². The number of aliphatic imine (C=N–C) groups is 1. The average Bonchev–Trinajstić information content (AvgIpc) is 2.41. The zero-order chi connectivity index (χ0) is 21.7. The standard InChI is InChI=1S/C11H11F12NO2S/c1-3-27(4-2)25-6(5(7(12,13)14)8(15,16)17)24-9(26-27,10(18,19)20)11(21,22)23/h5H,3-4H2,1-2H3. The van der Waals surface area contributed by atoms with E-state index in [0.717, 1.165) is 13.8 Å². The van der Waals surface area contributed by atoms with Gasteiger partial charge in [0.15, 0.2) is 0 Å². The largest absolute Gasteiger partial charge is 0.450 e. The molecule has 1 aliphatic heterocycles. The van der Waals surface area contributed by atoms with Gasteiger partial charge in [-0.05, 0) is 13.8 Å². The highest BCUT2D eigenvalue weighted by Crippen LogP contribution is 2.64. The second-order valence-corrected chi connectivity index (χ2v) is 8.07. The zero-order valence-electron chi connectivity index (χ0n) is 13.2. The highest BCUT2D eigenvalue weighted by molar-refractivity contribution is 8.26. The number of alkyl halides is 12. The number of halogens is 12. The predicted molar refractivity (Wildman–Crippen MR) is 68.7 cm³/mol. The summed E-state index contributed by atoms with van der Waals surface area (Å²) < 4.78 is 164. The van der Waals surface area contributed by atoms with E-state index in [1.807, 2.05) is 0 Å². The fraction of sp³-hybridized carbons (Fsp3) is 0.909. The zero-order valence-corrected chi connectivity index (χ0v) is 14.0. The van der Waals surface area contributed by atoms with Gasteiger partial charge in [-0.2, -0.15) is 57.7 Å². The van der Waals surface area contributed by atoms with E-state index in [1.54, 1.807) is 4.99 Å². The Bertz CT molecular complexity index is 544. The molecule has 0 N–H and O–H groups in total. The Labute approximate surface area is 145 Å². The lowest BCUT2D eigenvalue weighted by Crippen LogP contribution is -2.61. The Balaban J connectivity index is 3.88. The first-order chi connectivity index (χ1) is 11.8. The van der Waals surface area contributed by atoms with Crippen molar-refractivity contribution < 1.29 is 61.1 Å². The summed E-state index contributed by atoms with van der Waals surface area (Å²) in [6.07, 6.45) is -25.6. The van der Waals surface area contributed by atoms with Crippen molar-refractivity contribution in [3.63, 3.8) is 0 Å². The number of hydrogen-bond donors (Lipinski definition) is 0. The van der Waals surface area contributed by atoms with Crippen LogP contribution in [0.1, 0.15) is 13.8 Å². The van der Waals surface area contributed by atoms with E-state index >= 15 is 0 Å². The van der Waals surface area contributed by atoms with E-state index in [4.69, 9.17) is 0 Å². The quantitative estimate of drug-likeness (QED) is 0.520. The van der Waals surface area contributed by atoms with Crippen molar-refractivity contribution in [2.45, 2.75) is 44.3 Å². The third kappa shape index (κ3) is 4.35. The van der Waals surface area contributed by atoms with Crippen molar-refractivity contribution in [1.82, 2.24) is 0 Å². The molecule has 0 aromatic rings. The van der Waals surface area contributed by atoms with Crippen LogP contribution < -0.4 is 0 Å². The molecule has 1 rings (SSSR count). The molecule has 1 aliphatic rings. The highest BCUT2D eigenvalue weighted by atomic mass is 32.3. The van der Waals surface area contributed by atoms with Crippen LogP contribution in [0.5, 0.6) is 0 Å². The molecule has 0 bridgehead atoms. The maximum atomic E-state index is 13.2. The molecule has 3 nitrogen and oxygen atoms in total. The molecule has 0 atom stereocenters. The molecule has 1 heterocycles. The van der Waals surface area contributed by atoms with Gasteiger partial charge in [0.25, 0.3) is 0 Å². The van der Waals surface area contributed by atoms with Gasteiger partial charge in [0.1, 0.15) is 0 Å². The minimum atomic E-state index is -6.51. The molecule has 0 fully saturated rings. The molecule has 0 aromatic heterocycles. The van der Waals surface area contributed by atoms with Gasteiger partial charge < -0.3 is 4.18 Å². The van der Waals surface area contributed by atoms with Crippen LogP contribution in [-0.4, -0.2) is 47.8 Å². The van der Waals surface area contributed by atoms with Gasteiger partial charge in [0.05, 0.1) is 0 Å². The van der Waals surface area contributed by atoms with E-state index in [1.165, 1.54) is 0 Å². The molecule has 0 aromatic carbocycles. The van der Waals surface area contributed by atoms with E-state index in [-0.39, 0.29) is 0 Å². The Morgan fingerprint density at radius 2 is 1.19 bits per heavy atom. The Hall–Kier alpha value is -1.06. The van der Waals surface area contributed by atoms with Gasteiger partial charge in [-0.1, -0.05) is 0 Å². The summed E-state index contributed by atoms with van der Waals surface area (Å²) in [6, 6.07) is 0. The number of rotatable bonds is 3. The first-order valence-corrected chi connectivity index (χ1v) is 8.64. The number of nitrogens with zero attached hydrogens (tertiary/aromatic N) is 1. The van der Waals surface area contributed by atoms with Crippen LogP contribution in [-0.2, 0) is 8.37 Å². The van der Waals surface area contributed by atoms with Crippen molar-refractivity contribution >= 4 is 16.5 Å². The molecule has 0 saturated carbocycles. The average molecular weight is 449 g/mol. The predicted octanol–water partition coefficient (Wildman–Crippen LogP) is 5.67. The van der Waals surface area contributed by atoms with Gasteiger partial charge in [-0.15, -0.1) is 10.6 Å². The summed E-state index contributed by atoms with van der Waals surface area (Å²) in [5, 5.41) is 0. The first-order valence-electron chi connectivity index (χ1n) is 6.81. The molecule has 0 amide bonds. The van der Waals surface area contributed by atoms with Gasteiger partial charge in [0.2, 0.25) is 11.8 Å². The van der Waals surface area contributed by atoms with E-state index < -0.39 is 64.3 Å². The van der Waals surface area contributed by atoms with Gasteiger partial charge in [-0.3, -0.25) is 0 Å². The maximum absolute atomic E-state index is 13.2. The van der Waals surface area contributed by atoms with E-state index in [9.17, 15) is 52.7 Å². The molecular weight excluding hydrogens is 438 g/mol. The van der Waals surface area contributed by atoms with Crippen LogP contribution in [0.4, 0.5) is 52.7 Å². The second-order valence-electron chi connectivity index (χ2n) is 5.09. The molecule has 0 saturated heterocycles. The lowest BCUT2D eigenvalue weighted by molar-refractivity contribution is -0.356. The van der Waals surface area contributed by atoms with Crippen molar-refractivity contribution in [1.29, 1.82) is 0 Å². The third-order valence-electron chi connectivity index (χ3n) is 3.33. The summed E-state index contributed by atoms with van der Waals surface area (Å²) in [7, 11) is -4.13. The number of hydrogen-bond acceptors (Lipinski definition) is 3. The summed E-state index contributed by atoms with van der Waals surface area (Å²) in [6.45, 7) is 1.80. The topological polar surface area (TPSA) is 30.8 Å². The molecular formula is C11H11F12NO2S. The smallest absolute Gasteiger partial charge is 0.375 e. The maximum Gasteiger partial charge on any atom is 0.450 e. The Morgan fingerprint density at radius 3 is 1.44 bits per heavy atom. The van der Waals surface area contributed by atoms with Gasteiger partial charge in [-0.25, -0.2) is 4.18 Å². The van der Waals surface area contributed by atoms with Crippen LogP contribution in [0, 0.1) is 5.92 Å². The minimum absolute atomic E-state index is 0.848. The van der Waals surface area contributed by atoms with Crippen molar-refractivity contribution in [2.75, 3.05) is 11.5 Å². The third-order valence-corrected chi connectivity index (χ3v) is 6.11. The van der Waals surface area contributed by atoms with Crippen LogP contribution in [0.25, 0.3) is 0 Å². The SMILES string of the molecule is CCS1(CC)OC(C(C(F)(F)F)C(F)(F)F)=NC(C(F)(F)F)(C(F)(F)F)O1. The van der Waals surface area contributed by atoms with E-state index in [0.29, 0.717) is 0 Å². The summed E-state index contributed by atoms with van der Waals surface area (Å²) in [5.74, 6) is -9.27. The highest BCUT2D eigenvalue weighted by Gasteiger charge is 2.78. The van der Waals surface area contributed by atoms with E-state index in [2.05, 4.69) is 8.37 Å². The van der Waals surface area contributed by atoms with Crippen molar-refractivity contribution in [2.24, 2.45) is 10.9 Å². The van der Waals surface area contributed by atoms with Crippen LogP contribution in [0.15, 0.2) is 4.99 Å². The van der Waals surface area contributed by atoms with Crippen molar-refractivity contribution in [3.05, 3.63) is 0 Å². The van der Waals surface area contributed by atoms with Gasteiger partial charge in [0, 0.05) is 11.5 Å². The molecule has 0 unspecified atom stereocenters.